The zero-order chi connectivity index (χ0) is 19.5. The highest BCUT2D eigenvalue weighted by atomic mass is 35.5. The molecular weight excluding hydrogens is 371 g/mol. The summed E-state index contributed by atoms with van der Waals surface area (Å²) in [6.07, 6.45) is -5.81. The summed E-state index contributed by atoms with van der Waals surface area (Å²) < 4.78 is 43.4. The summed E-state index contributed by atoms with van der Waals surface area (Å²) >= 11 is 5.83. The fourth-order valence-electron chi connectivity index (χ4n) is 2.11. The van der Waals surface area contributed by atoms with E-state index in [0.29, 0.717) is 11.1 Å². The van der Waals surface area contributed by atoms with Gasteiger partial charge in [-0.2, -0.15) is 13.2 Å². The van der Waals surface area contributed by atoms with E-state index < -0.39 is 29.7 Å². The molecule has 138 valence electrons. The van der Waals surface area contributed by atoms with E-state index in [1.807, 2.05) is 0 Å². The fourth-order valence-corrected chi connectivity index (χ4v) is 2.28. The molecule has 1 N–H and O–H groups in total. The van der Waals surface area contributed by atoms with Gasteiger partial charge in [0.15, 0.2) is 6.10 Å². The zero-order valence-electron chi connectivity index (χ0n) is 13.9. The highest BCUT2D eigenvalue weighted by molar-refractivity contribution is 6.33. The van der Waals surface area contributed by atoms with Crippen molar-refractivity contribution in [2.24, 2.45) is 0 Å². The number of amides is 1. The first-order valence-corrected chi connectivity index (χ1v) is 7.91. The molecule has 0 heterocycles. The van der Waals surface area contributed by atoms with Gasteiger partial charge in [-0.1, -0.05) is 29.8 Å². The van der Waals surface area contributed by atoms with Gasteiger partial charge >= 0.3 is 12.1 Å². The molecule has 0 aliphatic carbocycles. The van der Waals surface area contributed by atoms with Crippen molar-refractivity contribution in [3.8, 4) is 0 Å². The number of alkyl halides is 3. The molecule has 0 bridgehead atoms. The Labute approximate surface area is 152 Å². The van der Waals surface area contributed by atoms with Gasteiger partial charge in [0.05, 0.1) is 21.8 Å². The minimum atomic E-state index is -4.58. The van der Waals surface area contributed by atoms with Crippen molar-refractivity contribution < 1.29 is 27.5 Å². The summed E-state index contributed by atoms with van der Waals surface area (Å²) in [7, 11) is 0. The topological polar surface area (TPSA) is 55.4 Å². The Morgan fingerprint density at radius 3 is 2.42 bits per heavy atom. The second-order valence-corrected chi connectivity index (χ2v) is 5.95. The van der Waals surface area contributed by atoms with Crippen LogP contribution < -0.4 is 5.32 Å². The molecule has 0 aromatic heterocycles. The maximum Gasteiger partial charge on any atom is 0.416 e. The minimum Gasteiger partial charge on any atom is -0.449 e. The Balaban J connectivity index is 2.10. The number of esters is 1. The van der Waals surface area contributed by atoms with Gasteiger partial charge in [0.2, 0.25) is 0 Å². The van der Waals surface area contributed by atoms with E-state index in [-0.39, 0.29) is 10.7 Å². The van der Waals surface area contributed by atoms with Crippen LogP contribution >= 0.6 is 11.6 Å². The molecule has 0 spiro atoms. The van der Waals surface area contributed by atoms with E-state index >= 15 is 0 Å². The first kappa shape index (κ1) is 19.8. The van der Waals surface area contributed by atoms with Gasteiger partial charge in [-0.3, -0.25) is 4.79 Å². The van der Waals surface area contributed by atoms with Gasteiger partial charge in [-0.25, -0.2) is 4.79 Å². The van der Waals surface area contributed by atoms with Crippen LogP contribution in [-0.4, -0.2) is 18.0 Å². The van der Waals surface area contributed by atoms with Crippen LogP contribution in [0.5, 0.6) is 0 Å². The van der Waals surface area contributed by atoms with Crippen molar-refractivity contribution in [2.45, 2.75) is 26.1 Å². The van der Waals surface area contributed by atoms with E-state index in [9.17, 15) is 22.8 Å². The molecule has 0 aliphatic rings. The molecule has 0 saturated heterocycles. The largest absolute Gasteiger partial charge is 0.449 e. The molecule has 0 saturated carbocycles. The predicted molar refractivity (Wildman–Crippen MR) is 91.1 cm³/mol. The van der Waals surface area contributed by atoms with Crippen molar-refractivity contribution >= 4 is 29.2 Å². The first-order chi connectivity index (χ1) is 12.1. The maximum absolute atomic E-state index is 12.8. The number of carbonyl (C=O) groups is 2. The molecule has 0 fully saturated rings. The molecule has 1 amide bonds. The van der Waals surface area contributed by atoms with Crippen LogP contribution in [0.3, 0.4) is 0 Å². The SMILES string of the molecule is Cc1ccccc1C(=O)O[C@H](C)C(=O)Nc1cc(C(F)(F)F)ccc1Cl. The summed E-state index contributed by atoms with van der Waals surface area (Å²) in [5.41, 5.74) is -0.206. The standard InChI is InChI=1S/C18H15ClF3NO3/c1-10-5-3-4-6-13(10)17(25)26-11(2)16(24)23-15-9-12(18(20,21)22)7-8-14(15)19/h3-9,11H,1-2H3,(H,23,24)/t11-/m1/s1. The second kappa shape index (κ2) is 7.78. The highest BCUT2D eigenvalue weighted by Crippen LogP contribution is 2.33. The number of benzene rings is 2. The lowest BCUT2D eigenvalue weighted by Gasteiger charge is -2.16. The lowest BCUT2D eigenvalue weighted by molar-refractivity contribution is -0.137. The molecule has 8 heteroatoms. The summed E-state index contributed by atoms with van der Waals surface area (Å²) in [6.45, 7) is 3.02. The van der Waals surface area contributed by atoms with E-state index in [0.717, 1.165) is 18.2 Å². The molecule has 2 rings (SSSR count). The molecule has 0 radical (unpaired) electrons. The van der Waals surface area contributed by atoms with Crippen molar-refractivity contribution in [3.05, 3.63) is 64.2 Å². The molecule has 2 aromatic rings. The van der Waals surface area contributed by atoms with Crippen molar-refractivity contribution in [2.75, 3.05) is 5.32 Å². The molecule has 26 heavy (non-hydrogen) atoms. The Kier molecular flexibility index (Phi) is 5.92. The van der Waals surface area contributed by atoms with E-state index in [4.69, 9.17) is 16.3 Å². The van der Waals surface area contributed by atoms with Gasteiger partial charge < -0.3 is 10.1 Å². The monoisotopic (exact) mass is 385 g/mol. The number of nitrogens with one attached hydrogen (secondary N) is 1. The van der Waals surface area contributed by atoms with Crippen LogP contribution in [0.15, 0.2) is 42.5 Å². The number of rotatable bonds is 4. The number of hydrogen-bond donors (Lipinski definition) is 1. The Morgan fingerprint density at radius 2 is 1.81 bits per heavy atom. The van der Waals surface area contributed by atoms with Crippen LogP contribution in [-0.2, 0) is 15.7 Å². The third-order valence-electron chi connectivity index (χ3n) is 3.57. The summed E-state index contributed by atoms with van der Waals surface area (Å²) in [4.78, 5) is 24.3. The molecule has 4 nitrogen and oxygen atoms in total. The molecule has 2 aromatic carbocycles. The molecule has 1 atom stereocenters. The first-order valence-electron chi connectivity index (χ1n) is 7.54. The van der Waals surface area contributed by atoms with Gasteiger partial charge in [0.25, 0.3) is 5.91 Å². The van der Waals surface area contributed by atoms with E-state index in [1.54, 1.807) is 31.2 Å². The highest BCUT2D eigenvalue weighted by Gasteiger charge is 2.31. The van der Waals surface area contributed by atoms with Gasteiger partial charge in [0, 0.05) is 0 Å². The van der Waals surface area contributed by atoms with Crippen molar-refractivity contribution in [1.82, 2.24) is 0 Å². The molecule has 0 aliphatic heterocycles. The fraction of sp³-hybridized carbons (Fsp3) is 0.222. The van der Waals surface area contributed by atoms with E-state index in [2.05, 4.69) is 5.32 Å². The number of anilines is 1. The smallest absolute Gasteiger partial charge is 0.416 e. The summed E-state index contributed by atoms with van der Waals surface area (Å²) in [6, 6.07) is 9.21. The summed E-state index contributed by atoms with van der Waals surface area (Å²) in [5, 5.41) is 2.18. The van der Waals surface area contributed by atoms with Crippen LogP contribution in [0.2, 0.25) is 5.02 Å². The minimum absolute atomic E-state index is 0.0659. The average Bonchev–Trinajstić information content (AvgIpc) is 2.55. The Hall–Kier alpha value is -2.54. The van der Waals surface area contributed by atoms with Gasteiger partial charge in [-0.15, -0.1) is 0 Å². The van der Waals surface area contributed by atoms with Crippen molar-refractivity contribution in [3.63, 3.8) is 0 Å². The number of halogens is 4. The van der Waals surface area contributed by atoms with Crippen LogP contribution in [0.1, 0.15) is 28.4 Å². The van der Waals surface area contributed by atoms with Crippen LogP contribution in [0, 0.1) is 6.92 Å². The van der Waals surface area contributed by atoms with Gasteiger partial charge in [0.1, 0.15) is 0 Å². The number of carbonyl (C=O) groups excluding carboxylic acids is 2. The number of hydrogen-bond acceptors (Lipinski definition) is 3. The van der Waals surface area contributed by atoms with Crippen molar-refractivity contribution in [1.29, 1.82) is 0 Å². The van der Waals surface area contributed by atoms with Crippen LogP contribution in [0.25, 0.3) is 0 Å². The Morgan fingerprint density at radius 1 is 1.15 bits per heavy atom. The average molecular weight is 386 g/mol. The number of ether oxygens (including phenoxy) is 1. The Bertz CT molecular complexity index is 837. The third-order valence-corrected chi connectivity index (χ3v) is 3.90. The molecule has 0 unspecified atom stereocenters. The van der Waals surface area contributed by atoms with Gasteiger partial charge in [-0.05, 0) is 43.7 Å². The quantitative estimate of drug-likeness (QED) is 0.765. The lowest BCUT2D eigenvalue weighted by Crippen LogP contribution is -2.30. The third kappa shape index (κ3) is 4.76. The van der Waals surface area contributed by atoms with Crippen LogP contribution in [0.4, 0.5) is 18.9 Å². The maximum atomic E-state index is 12.8. The predicted octanol–water partition coefficient (Wildman–Crippen LogP) is 4.85. The summed E-state index contributed by atoms with van der Waals surface area (Å²) in [5.74, 6) is -1.51. The molecular formula is C18H15ClF3NO3. The zero-order valence-corrected chi connectivity index (χ0v) is 14.6. The normalized spacial score (nSPS) is 12.4. The number of aryl methyl sites for hydroxylation is 1. The lowest BCUT2D eigenvalue weighted by atomic mass is 10.1. The van der Waals surface area contributed by atoms with E-state index in [1.165, 1.54) is 6.92 Å². The second-order valence-electron chi connectivity index (χ2n) is 5.54.